The fourth-order valence-electron chi connectivity index (χ4n) is 2.19. The van der Waals surface area contributed by atoms with Gasteiger partial charge >= 0.3 is 6.18 Å². The molecule has 1 aromatic rings. The number of nitrogens with one attached hydrogen (secondary N) is 1. The molecule has 106 valence electrons. The molecule has 1 heterocycles. The molecule has 1 aliphatic heterocycles. The van der Waals surface area contributed by atoms with Gasteiger partial charge in [-0.25, -0.2) is 0 Å². The summed E-state index contributed by atoms with van der Waals surface area (Å²) in [5, 5.41) is 2.78. The Labute approximate surface area is 115 Å². The van der Waals surface area contributed by atoms with Gasteiger partial charge in [0, 0.05) is 36.8 Å². The molecule has 0 aliphatic carbocycles. The summed E-state index contributed by atoms with van der Waals surface area (Å²) in [4.78, 5) is 2.02. The minimum absolute atomic E-state index is 0.227. The third-order valence-corrected chi connectivity index (χ3v) is 4.08. The highest BCUT2D eigenvalue weighted by Gasteiger charge is 2.33. The Kier molecular flexibility index (Phi) is 4.62. The molecule has 1 aliphatic rings. The maximum absolute atomic E-state index is 13.1. The van der Waals surface area contributed by atoms with E-state index >= 15 is 0 Å². The van der Waals surface area contributed by atoms with Crippen molar-refractivity contribution in [1.29, 1.82) is 0 Å². The van der Waals surface area contributed by atoms with Gasteiger partial charge in [0.05, 0.1) is 5.56 Å². The molecule has 0 radical (unpaired) electrons. The van der Waals surface area contributed by atoms with Crippen LogP contribution in [0.1, 0.15) is 11.1 Å². The molecule has 1 fully saturated rings. The van der Waals surface area contributed by atoms with Gasteiger partial charge in [0.2, 0.25) is 0 Å². The Morgan fingerprint density at radius 1 is 1.26 bits per heavy atom. The molecule has 1 N–H and O–H groups in total. The Morgan fingerprint density at radius 3 is 2.53 bits per heavy atom. The van der Waals surface area contributed by atoms with Crippen molar-refractivity contribution in [1.82, 2.24) is 5.32 Å². The smallest absolute Gasteiger partial charge is 0.370 e. The third-order valence-electron chi connectivity index (χ3n) is 3.14. The van der Waals surface area contributed by atoms with E-state index < -0.39 is 11.7 Å². The Morgan fingerprint density at radius 2 is 1.95 bits per heavy atom. The first-order chi connectivity index (χ1) is 9.02. The Hall–Kier alpha value is -0.880. The molecule has 2 nitrogen and oxygen atoms in total. The van der Waals surface area contributed by atoms with Gasteiger partial charge in [-0.15, -0.1) is 0 Å². The molecule has 0 atom stereocenters. The molecule has 0 amide bonds. The predicted octanol–water partition coefficient (Wildman–Crippen LogP) is 2.98. The lowest BCUT2D eigenvalue weighted by atomic mass is 10.1. The molecular weight excluding hydrogens is 273 g/mol. The quantitative estimate of drug-likeness (QED) is 0.921. The zero-order chi connectivity index (χ0) is 13.9. The van der Waals surface area contributed by atoms with E-state index in [0.29, 0.717) is 11.3 Å². The summed E-state index contributed by atoms with van der Waals surface area (Å²) in [6.07, 6.45) is -4.30. The van der Waals surface area contributed by atoms with Gasteiger partial charge in [-0.3, -0.25) is 0 Å². The van der Waals surface area contributed by atoms with Crippen LogP contribution in [0.2, 0.25) is 0 Å². The lowest BCUT2D eigenvalue weighted by molar-refractivity contribution is -0.138. The molecule has 2 rings (SSSR count). The van der Waals surface area contributed by atoms with Gasteiger partial charge in [-0.1, -0.05) is 6.07 Å². The molecular formula is C13H17F3N2S. The van der Waals surface area contributed by atoms with Gasteiger partial charge in [0.15, 0.2) is 0 Å². The molecule has 0 spiro atoms. The van der Waals surface area contributed by atoms with Crippen LogP contribution in [0.25, 0.3) is 0 Å². The Bertz CT molecular complexity index is 428. The highest BCUT2D eigenvalue weighted by molar-refractivity contribution is 7.99. The first-order valence-corrected chi connectivity index (χ1v) is 7.35. The number of nitrogens with zero attached hydrogens (tertiary/aromatic N) is 1. The topological polar surface area (TPSA) is 15.3 Å². The van der Waals surface area contributed by atoms with Crippen molar-refractivity contribution >= 4 is 17.4 Å². The second kappa shape index (κ2) is 6.05. The van der Waals surface area contributed by atoms with Gasteiger partial charge < -0.3 is 10.2 Å². The Balaban J connectivity index is 2.31. The number of halogens is 3. The maximum Gasteiger partial charge on any atom is 0.416 e. The molecule has 0 aromatic heterocycles. The van der Waals surface area contributed by atoms with E-state index in [0.717, 1.165) is 24.6 Å². The van der Waals surface area contributed by atoms with Crippen LogP contribution in [-0.4, -0.2) is 31.6 Å². The summed E-state index contributed by atoms with van der Waals surface area (Å²) in [7, 11) is 1.65. The van der Waals surface area contributed by atoms with E-state index in [4.69, 9.17) is 0 Å². The molecule has 0 saturated carbocycles. The van der Waals surface area contributed by atoms with Crippen LogP contribution in [0.3, 0.4) is 0 Å². The number of rotatable bonds is 3. The number of hydrogen-bond donors (Lipinski definition) is 1. The summed E-state index contributed by atoms with van der Waals surface area (Å²) in [5.74, 6) is 1.94. The van der Waals surface area contributed by atoms with E-state index in [1.807, 2.05) is 16.7 Å². The van der Waals surface area contributed by atoms with Crippen LogP contribution in [0, 0.1) is 0 Å². The number of thioether (sulfide) groups is 1. The lowest BCUT2D eigenvalue weighted by Crippen LogP contribution is -2.32. The molecule has 0 bridgehead atoms. The summed E-state index contributed by atoms with van der Waals surface area (Å²) in [6.45, 7) is 1.85. The number of hydrogen-bond acceptors (Lipinski definition) is 3. The average Bonchev–Trinajstić information content (AvgIpc) is 2.39. The standard InChI is InChI=1S/C13H17F3N2S/c1-17-9-10-2-3-11(8-12(10)13(14,15)16)18-4-6-19-7-5-18/h2-3,8,17H,4-7,9H2,1H3. The zero-order valence-corrected chi connectivity index (χ0v) is 11.6. The first kappa shape index (κ1) is 14.5. The minimum atomic E-state index is -4.30. The predicted molar refractivity (Wildman–Crippen MR) is 73.7 cm³/mol. The molecule has 19 heavy (non-hydrogen) atoms. The van der Waals surface area contributed by atoms with Gasteiger partial charge in [-0.2, -0.15) is 24.9 Å². The molecule has 6 heteroatoms. The van der Waals surface area contributed by atoms with Crippen molar-refractivity contribution in [2.24, 2.45) is 0 Å². The van der Waals surface area contributed by atoms with Crippen LogP contribution in [-0.2, 0) is 12.7 Å². The van der Waals surface area contributed by atoms with Crippen molar-refractivity contribution in [2.45, 2.75) is 12.7 Å². The summed E-state index contributed by atoms with van der Waals surface area (Å²) >= 11 is 1.84. The highest BCUT2D eigenvalue weighted by Crippen LogP contribution is 2.35. The number of anilines is 1. The van der Waals surface area contributed by atoms with Crippen molar-refractivity contribution < 1.29 is 13.2 Å². The average molecular weight is 290 g/mol. The monoisotopic (exact) mass is 290 g/mol. The zero-order valence-electron chi connectivity index (χ0n) is 10.8. The van der Waals surface area contributed by atoms with Crippen molar-refractivity contribution in [3.8, 4) is 0 Å². The largest absolute Gasteiger partial charge is 0.416 e. The van der Waals surface area contributed by atoms with E-state index in [-0.39, 0.29) is 6.54 Å². The third kappa shape index (κ3) is 3.57. The maximum atomic E-state index is 13.1. The molecule has 0 unspecified atom stereocenters. The van der Waals surface area contributed by atoms with E-state index in [1.54, 1.807) is 19.2 Å². The first-order valence-electron chi connectivity index (χ1n) is 6.20. The van der Waals surface area contributed by atoms with Gasteiger partial charge in [0.1, 0.15) is 0 Å². The SMILES string of the molecule is CNCc1ccc(N2CCSCC2)cc1C(F)(F)F. The fraction of sp³-hybridized carbons (Fsp3) is 0.538. The van der Waals surface area contributed by atoms with Gasteiger partial charge in [0.25, 0.3) is 0 Å². The normalized spacial score (nSPS) is 16.7. The van der Waals surface area contributed by atoms with Crippen LogP contribution in [0.15, 0.2) is 18.2 Å². The molecule has 1 saturated heterocycles. The molecule has 1 aromatic carbocycles. The van der Waals surface area contributed by atoms with Crippen LogP contribution < -0.4 is 10.2 Å². The lowest BCUT2D eigenvalue weighted by Gasteiger charge is -2.29. The summed E-state index contributed by atoms with van der Waals surface area (Å²) in [5.41, 5.74) is 0.440. The summed E-state index contributed by atoms with van der Waals surface area (Å²) in [6, 6.07) is 4.65. The van der Waals surface area contributed by atoms with Crippen LogP contribution >= 0.6 is 11.8 Å². The fourth-order valence-corrected chi connectivity index (χ4v) is 3.09. The van der Waals surface area contributed by atoms with Crippen molar-refractivity contribution in [3.05, 3.63) is 29.3 Å². The minimum Gasteiger partial charge on any atom is -0.370 e. The van der Waals surface area contributed by atoms with E-state index in [2.05, 4.69) is 5.32 Å². The second-order valence-electron chi connectivity index (χ2n) is 4.47. The van der Waals surface area contributed by atoms with Crippen molar-refractivity contribution in [3.63, 3.8) is 0 Å². The van der Waals surface area contributed by atoms with Gasteiger partial charge in [-0.05, 0) is 24.7 Å². The summed E-state index contributed by atoms with van der Waals surface area (Å²) < 4.78 is 39.2. The second-order valence-corrected chi connectivity index (χ2v) is 5.69. The number of benzene rings is 1. The van der Waals surface area contributed by atoms with Crippen molar-refractivity contribution in [2.75, 3.05) is 36.5 Å². The highest BCUT2D eigenvalue weighted by atomic mass is 32.2. The van der Waals surface area contributed by atoms with E-state index in [1.165, 1.54) is 6.07 Å². The van der Waals surface area contributed by atoms with Crippen LogP contribution in [0.5, 0.6) is 0 Å². The van der Waals surface area contributed by atoms with Crippen LogP contribution in [0.4, 0.5) is 18.9 Å². The van der Waals surface area contributed by atoms with E-state index in [9.17, 15) is 13.2 Å². The number of alkyl halides is 3.